The van der Waals surface area contributed by atoms with Crippen LogP contribution >= 0.6 is 0 Å². The van der Waals surface area contributed by atoms with Gasteiger partial charge in [-0.2, -0.15) is 0 Å². The lowest BCUT2D eigenvalue weighted by Gasteiger charge is -2.31. The van der Waals surface area contributed by atoms with Crippen molar-refractivity contribution in [2.24, 2.45) is 17.8 Å². The summed E-state index contributed by atoms with van der Waals surface area (Å²) in [6.07, 6.45) is 3.24. The van der Waals surface area contributed by atoms with Gasteiger partial charge in [-0.25, -0.2) is 0 Å². The van der Waals surface area contributed by atoms with Gasteiger partial charge in [0.1, 0.15) is 5.78 Å². The standard InChI is InChI=1S/C10H16O2/c1-10(2,12)8-6-3-4-7(5-6)9(8)11/h6-8,12H,3-5H2,1-2H3. The molecule has 0 radical (unpaired) electrons. The van der Waals surface area contributed by atoms with Crippen LogP contribution in [0.3, 0.4) is 0 Å². The van der Waals surface area contributed by atoms with Crippen molar-refractivity contribution in [2.75, 3.05) is 0 Å². The minimum Gasteiger partial charge on any atom is -0.390 e. The van der Waals surface area contributed by atoms with Gasteiger partial charge in [-0.3, -0.25) is 4.79 Å². The summed E-state index contributed by atoms with van der Waals surface area (Å²) in [5.41, 5.74) is -0.795. The third-order valence-corrected chi connectivity index (χ3v) is 3.41. The second kappa shape index (κ2) is 2.32. The van der Waals surface area contributed by atoms with Crippen molar-refractivity contribution in [3.05, 3.63) is 0 Å². The molecule has 2 aliphatic rings. The number of ketones is 1. The number of carbonyl (C=O) groups is 1. The number of Topliss-reactive ketones (excluding diaryl/α,β-unsaturated/α-hetero) is 1. The average Bonchev–Trinajstić information content (AvgIpc) is 2.42. The zero-order valence-corrected chi connectivity index (χ0v) is 7.71. The van der Waals surface area contributed by atoms with Gasteiger partial charge < -0.3 is 5.11 Å². The summed E-state index contributed by atoms with van der Waals surface area (Å²) < 4.78 is 0. The van der Waals surface area contributed by atoms with E-state index in [4.69, 9.17) is 0 Å². The molecule has 2 aliphatic carbocycles. The maximum absolute atomic E-state index is 11.7. The van der Waals surface area contributed by atoms with E-state index in [1.165, 1.54) is 0 Å². The fourth-order valence-corrected chi connectivity index (χ4v) is 2.99. The highest BCUT2D eigenvalue weighted by atomic mass is 16.3. The van der Waals surface area contributed by atoms with Crippen LogP contribution < -0.4 is 0 Å². The van der Waals surface area contributed by atoms with Crippen LogP contribution in [0.25, 0.3) is 0 Å². The molecule has 2 heteroatoms. The Morgan fingerprint density at radius 3 is 2.42 bits per heavy atom. The zero-order chi connectivity index (χ0) is 8.93. The van der Waals surface area contributed by atoms with E-state index in [2.05, 4.69) is 0 Å². The summed E-state index contributed by atoms with van der Waals surface area (Å²) in [6, 6.07) is 0. The van der Waals surface area contributed by atoms with Gasteiger partial charge in [0.05, 0.1) is 5.60 Å². The van der Waals surface area contributed by atoms with E-state index in [9.17, 15) is 9.90 Å². The molecule has 0 aromatic rings. The molecule has 2 saturated carbocycles. The van der Waals surface area contributed by atoms with E-state index < -0.39 is 5.60 Å². The van der Waals surface area contributed by atoms with Gasteiger partial charge in [-0.1, -0.05) is 0 Å². The fraction of sp³-hybridized carbons (Fsp3) is 0.900. The van der Waals surface area contributed by atoms with Crippen LogP contribution in [0.2, 0.25) is 0 Å². The number of aliphatic hydroxyl groups is 1. The summed E-state index contributed by atoms with van der Waals surface area (Å²) in [5.74, 6) is 1.00. The predicted octanol–water partition coefficient (Wildman–Crippen LogP) is 1.37. The monoisotopic (exact) mass is 168 g/mol. The Morgan fingerprint density at radius 1 is 1.42 bits per heavy atom. The molecule has 0 aliphatic heterocycles. The Balaban J connectivity index is 2.23. The molecule has 0 aromatic heterocycles. The number of hydrogen-bond acceptors (Lipinski definition) is 2. The molecule has 3 unspecified atom stereocenters. The van der Waals surface area contributed by atoms with Crippen molar-refractivity contribution in [3.63, 3.8) is 0 Å². The molecular formula is C10H16O2. The highest BCUT2D eigenvalue weighted by Crippen LogP contribution is 2.49. The maximum Gasteiger partial charge on any atom is 0.142 e. The molecule has 2 rings (SSSR count). The molecule has 12 heavy (non-hydrogen) atoms. The number of rotatable bonds is 1. The Morgan fingerprint density at radius 2 is 2.08 bits per heavy atom. The van der Waals surface area contributed by atoms with E-state index in [0.29, 0.717) is 11.7 Å². The summed E-state index contributed by atoms with van der Waals surface area (Å²) in [5, 5.41) is 9.79. The van der Waals surface area contributed by atoms with Crippen LogP contribution in [0.4, 0.5) is 0 Å². The van der Waals surface area contributed by atoms with E-state index in [0.717, 1.165) is 19.3 Å². The topological polar surface area (TPSA) is 37.3 Å². The Hall–Kier alpha value is -0.370. The molecule has 0 amide bonds. The van der Waals surface area contributed by atoms with Gasteiger partial charge in [-0.05, 0) is 39.0 Å². The Bertz CT molecular complexity index is 214. The first-order chi connectivity index (χ1) is 5.50. The van der Waals surface area contributed by atoms with E-state index in [1.54, 1.807) is 13.8 Å². The Kier molecular flexibility index (Phi) is 1.59. The van der Waals surface area contributed by atoms with Gasteiger partial charge in [0.2, 0.25) is 0 Å². The van der Waals surface area contributed by atoms with Gasteiger partial charge >= 0.3 is 0 Å². The van der Waals surface area contributed by atoms with Gasteiger partial charge in [0, 0.05) is 11.8 Å². The zero-order valence-electron chi connectivity index (χ0n) is 7.71. The lowest BCUT2D eigenvalue weighted by molar-refractivity contribution is -0.133. The van der Waals surface area contributed by atoms with Crippen LogP contribution in [-0.4, -0.2) is 16.5 Å². The second-order valence-electron chi connectivity index (χ2n) is 4.80. The van der Waals surface area contributed by atoms with Crippen molar-refractivity contribution < 1.29 is 9.90 Å². The molecule has 0 spiro atoms. The van der Waals surface area contributed by atoms with Crippen molar-refractivity contribution in [1.82, 2.24) is 0 Å². The molecule has 68 valence electrons. The third-order valence-electron chi connectivity index (χ3n) is 3.41. The normalized spacial score (nSPS) is 40.9. The highest BCUT2D eigenvalue weighted by molar-refractivity contribution is 5.87. The maximum atomic E-state index is 11.7. The predicted molar refractivity (Wildman–Crippen MR) is 45.6 cm³/mol. The van der Waals surface area contributed by atoms with Crippen LogP contribution in [0.15, 0.2) is 0 Å². The smallest absolute Gasteiger partial charge is 0.142 e. The van der Waals surface area contributed by atoms with Crippen molar-refractivity contribution in [3.8, 4) is 0 Å². The SMILES string of the molecule is CC(C)(O)C1C(=O)C2CCC1C2. The van der Waals surface area contributed by atoms with Gasteiger partial charge in [0.25, 0.3) is 0 Å². The van der Waals surface area contributed by atoms with Crippen LogP contribution in [0.5, 0.6) is 0 Å². The van der Waals surface area contributed by atoms with Crippen LogP contribution in [0, 0.1) is 17.8 Å². The lowest BCUT2D eigenvalue weighted by atomic mass is 9.77. The molecule has 0 heterocycles. The molecule has 0 saturated heterocycles. The van der Waals surface area contributed by atoms with Gasteiger partial charge in [-0.15, -0.1) is 0 Å². The van der Waals surface area contributed by atoms with Crippen molar-refractivity contribution >= 4 is 5.78 Å². The lowest BCUT2D eigenvalue weighted by Crippen LogP contribution is -2.40. The molecule has 0 aromatic carbocycles. The Labute approximate surface area is 73.0 Å². The summed E-state index contributed by atoms with van der Waals surface area (Å²) in [7, 11) is 0. The number of carbonyl (C=O) groups excluding carboxylic acids is 1. The molecule has 3 atom stereocenters. The molecule has 2 bridgehead atoms. The minimum atomic E-state index is -0.795. The quantitative estimate of drug-likeness (QED) is 0.642. The van der Waals surface area contributed by atoms with Crippen LogP contribution in [0.1, 0.15) is 33.1 Å². The minimum absolute atomic E-state index is 0.0729. The largest absolute Gasteiger partial charge is 0.390 e. The second-order valence-corrected chi connectivity index (χ2v) is 4.80. The first-order valence-corrected chi connectivity index (χ1v) is 4.76. The summed E-state index contributed by atoms with van der Waals surface area (Å²) >= 11 is 0. The number of fused-ring (bicyclic) bond motifs is 2. The fourth-order valence-electron chi connectivity index (χ4n) is 2.99. The van der Waals surface area contributed by atoms with E-state index in [-0.39, 0.29) is 11.8 Å². The molecular weight excluding hydrogens is 152 g/mol. The molecule has 2 nitrogen and oxygen atoms in total. The first-order valence-electron chi connectivity index (χ1n) is 4.76. The molecule has 1 N–H and O–H groups in total. The van der Waals surface area contributed by atoms with Gasteiger partial charge in [0.15, 0.2) is 0 Å². The third kappa shape index (κ3) is 1.01. The van der Waals surface area contributed by atoms with E-state index in [1.807, 2.05) is 0 Å². The average molecular weight is 168 g/mol. The molecule has 2 fully saturated rings. The summed E-state index contributed by atoms with van der Waals surface area (Å²) in [4.78, 5) is 11.7. The first kappa shape index (κ1) is 8.24. The van der Waals surface area contributed by atoms with Crippen molar-refractivity contribution in [1.29, 1.82) is 0 Å². The van der Waals surface area contributed by atoms with E-state index >= 15 is 0 Å². The summed E-state index contributed by atoms with van der Waals surface area (Å²) in [6.45, 7) is 3.52. The van der Waals surface area contributed by atoms with Crippen LogP contribution in [-0.2, 0) is 4.79 Å². The van der Waals surface area contributed by atoms with Crippen molar-refractivity contribution in [2.45, 2.75) is 38.7 Å². The highest BCUT2D eigenvalue weighted by Gasteiger charge is 2.52. The number of hydrogen-bond donors (Lipinski definition) is 1.